The van der Waals surface area contributed by atoms with Gasteiger partial charge in [-0.25, -0.2) is 8.42 Å². The van der Waals surface area contributed by atoms with Crippen molar-refractivity contribution in [3.63, 3.8) is 0 Å². The fourth-order valence-corrected chi connectivity index (χ4v) is 4.63. The molecule has 0 radical (unpaired) electrons. The number of hydrogen-bond donors (Lipinski definition) is 2. The van der Waals surface area contributed by atoms with Crippen molar-refractivity contribution < 1.29 is 13.2 Å². The zero-order chi connectivity index (χ0) is 21.1. The summed E-state index contributed by atoms with van der Waals surface area (Å²) in [5.41, 5.74) is 1.84. The lowest BCUT2D eigenvalue weighted by atomic mass is 10.1. The number of amidine groups is 1. The van der Waals surface area contributed by atoms with Crippen LogP contribution in [0, 0.1) is 0 Å². The normalized spacial score (nSPS) is 13.8. The Hall–Kier alpha value is -3.39. The monoisotopic (exact) mass is 422 g/mol. The predicted octanol–water partition coefficient (Wildman–Crippen LogP) is 3.55. The van der Waals surface area contributed by atoms with Gasteiger partial charge in [-0.2, -0.15) is 0 Å². The quantitative estimate of drug-likeness (QED) is 0.595. The van der Waals surface area contributed by atoms with Crippen molar-refractivity contribution in [1.29, 1.82) is 0 Å². The Labute approximate surface area is 175 Å². The van der Waals surface area contributed by atoms with E-state index >= 15 is 0 Å². The summed E-state index contributed by atoms with van der Waals surface area (Å²) >= 11 is 0. The van der Waals surface area contributed by atoms with E-state index in [1.54, 1.807) is 24.4 Å². The molecule has 0 unspecified atom stereocenters. The molecule has 8 heteroatoms. The van der Waals surface area contributed by atoms with Crippen LogP contribution in [0.5, 0.6) is 0 Å². The molecular formula is C22H22N4O3S. The summed E-state index contributed by atoms with van der Waals surface area (Å²) in [7, 11) is -3.75. The minimum absolute atomic E-state index is 0.0731. The fraction of sp³-hybridized carbons (Fsp3) is 0.182. The molecule has 0 bridgehead atoms. The Morgan fingerprint density at radius 3 is 2.80 bits per heavy atom. The van der Waals surface area contributed by atoms with Crippen LogP contribution in [0.2, 0.25) is 0 Å². The lowest BCUT2D eigenvalue weighted by Gasteiger charge is -2.10. The number of para-hydroxylation sites is 1. The van der Waals surface area contributed by atoms with Crippen LogP contribution in [-0.2, 0) is 16.6 Å². The zero-order valence-electron chi connectivity index (χ0n) is 16.3. The maximum absolute atomic E-state index is 13.0. The van der Waals surface area contributed by atoms with Crippen molar-refractivity contribution in [2.24, 2.45) is 4.99 Å². The van der Waals surface area contributed by atoms with Crippen LogP contribution in [0.15, 0.2) is 77.3 Å². The number of anilines is 1. The highest BCUT2D eigenvalue weighted by Gasteiger charge is 2.20. The second-order valence-corrected chi connectivity index (χ2v) is 8.70. The second-order valence-electron chi connectivity index (χ2n) is 7.02. The zero-order valence-corrected chi connectivity index (χ0v) is 17.2. The third-order valence-corrected chi connectivity index (χ3v) is 6.27. The summed E-state index contributed by atoms with van der Waals surface area (Å²) in [4.78, 5) is 17.2. The molecule has 1 aromatic heterocycles. The van der Waals surface area contributed by atoms with Gasteiger partial charge in [-0.3, -0.25) is 14.5 Å². The van der Waals surface area contributed by atoms with Gasteiger partial charge in [-0.15, -0.1) is 6.58 Å². The summed E-state index contributed by atoms with van der Waals surface area (Å²) in [6, 6.07) is 13.8. The van der Waals surface area contributed by atoms with E-state index in [1.165, 1.54) is 12.1 Å². The number of benzene rings is 2. The Morgan fingerprint density at radius 1 is 1.20 bits per heavy atom. The van der Waals surface area contributed by atoms with Gasteiger partial charge in [0, 0.05) is 42.3 Å². The van der Waals surface area contributed by atoms with Crippen molar-refractivity contribution in [2.75, 3.05) is 11.9 Å². The molecule has 30 heavy (non-hydrogen) atoms. The van der Waals surface area contributed by atoms with Crippen LogP contribution in [0.4, 0.5) is 5.69 Å². The van der Waals surface area contributed by atoms with E-state index in [1.807, 2.05) is 28.8 Å². The van der Waals surface area contributed by atoms with E-state index in [2.05, 4.69) is 21.6 Å². The Bertz CT molecular complexity index is 1260. The molecule has 0 saturated carbocycles. The molecule has 1 aliphatic heterocycles. The first kappa shape index (κ1) is 19.9. The Kier molecular flexibility index (Phi) is 5.41. The van der Waals surface area contributed by atoms with Crippen molar-refractivity contribution in [1.82, 2.24) is 9.29 Å². The number of fused-ring (bicyclic) bond motifs is 1. The molecule has 1 amide bonds. The van der Waals surface area contributed by atoms with Crippen molar-refractivity contribution >= 4 is 38.4 Å². The van der Waals surface area contributed by atoms with Crippen molar-refractivity contribution in [2.45, 2.75) is 24.3 Å². The lowest BCUT2D eigenvalue weighted by molar-refractivity contribution is 0.102. The number of rotatable bonds is 6. The topological polar surface area (TPSA) is 92.6 Å². The highest BCUT2D eigenvalue weighted by Crippen LogP contribution is 2.23. The predicted molar refractivity (Wildman–Crippen MR) is 118 cm³/mol. The standard InChI is InChI=1S/C22H22N4O3S/c1-2-13-26-15-19(18-9-3-4-10-20(18)26)22(27)24-16-7-5-8-17(14-16)30(28,29)25-21-11-6-12-23-21/h2-5,7-10,14-15H,1,6,11-13H2,(H,23,25)(H,24,27). The van der Waals surface area contributed by atoms with E-state index in [4.69, 9.17) is 0 Å². The summed E-state index contributed by atoms with van der Waals surface area (Å²) in [5.74, 6) is 0.163. The first-order chi connectivity index (χ1) is 14.5. The van der Waals surface area contributed by atoms with Crippen molar-refractivity contribution in [3.05, 3.63) is 72.9 Å². The summed E-state index contributed by atoms with van der Waals surface area (Å²) in [6.07, 6.45) is 5.00. The SMILES string of the molecule is C=CCn1cc(C(=O)Nc2cccc(S(=O)(=O)NC3=NCCC3)c2)c2ccccc21. The number of aliphatic imine (C=N–C) groups is 1. The van der Waals surface area contributed by atoms with Crippen LogP contribution in [0.3, 0.4) is 0 Å². The van der Waals surface area contributed by atoms with Gasteiger partial charge in [0.05, 0.1) is 10.5 Å². The minimum atomic E-state index is -3.75. The molecule has 7 nitrogen and oxygen atoms in total. The highest BCUT2D eigenvalue weighted by atomic mass is 32.2. The summed E-state index contributed by atoms with van der Waals surface area (Å²) < 4.78 is 29.7. The van der Waals surface area contributed by atoms with E-state index in [-0.39, 0.29) is 10.8 Å². The van der Waals surface area contributed by atoms with Gasteiger partial charge in [-0.05, 0) is 30.7 Å². The first-order valence-electron chi connectivity index (χ1n) is 9.64. The number of hydrogen-bond acceptors (Lipinski definition) is 4. The molecule has 154 valence electrons. The van der Waals surface area contributed by atoms with Gasteiger partial charge in [-0.1, -0.05) is 30.3 Å². The van der Waals surface area contributed by atoms with Gasteiger partial charge in [0.25, 0.3) is 15.9 Å². The third-order valence-electron chi connectivity index (χ3n) is 4.89. The van der Waals surface area contributed by atoms with Gasteiger partial charge in [0.1, 0.15) is 5.84 Å². The smallest absolute Gasteiger partial charge is 0.262 e. The number of sulfonamides is 1. The van der Waals surface area contributed by atoms with Crippen LogP contribution in [0.1, 0.15) is 23.2 Å². The molecule has 0 spiro atoms. The molecule has 0 fully saturated rings. The molecule has 1 aliphatic rings. The minimum Gasteiger partial charge on any atom is -0.343 e. The molecule has 2 N–H and O–H groups in total. The van der Waals surface area contributed by atoms with E-state index in [0.29, 0.717) is 36.6 Å². The molecule has 0 aliphatic carbocycles. The molecule has 4 rings (SSSR count). The van der Waals surface area contributed by atoms with Crippen molar-refractivity contribution in [3.8, 4) is 0 Å². The Balaban J connectivity index is 1.59. The number of amides is 1. The molecule has 3 aromatic rings. The molecular weight excluding hydrogens is 400 g/mol. The number of carbonyl (C=O) groups is 1. The molecule has 2 heterocycles. The number of nitrogens with one attached hydrogen (secondary N) is 2. The number of nitrogens with zero attached hydrogens (tertiary/aromatic N) is 2. The second kappa shape index (κ2) is 8.16. The average molecular weight is 423 g/mol. The fourth-order valence-electron chi connectivity index (χ4n) is 3.49. The van der Waals surface area contributed by atoms with Crippen LogP contribution in [-0.4, -0.2) is 31.3 Å². The average Bonchev–Trinajstić information content (AvgIpc) is 3.36. The largest absolute Gasteiger partial charge is 0.343 e. The van der Waals surface area contributed by atoms with Gasteiger partial charge >= 0.3 is 0 Å². The molecule has 0 atom stereocenters. The van der Waals surface area contributed by atoms with Crippen LogP contribution < -0.4 is 10.0 Å². The van der Waals surface area contributed by atoms with E-state index < -0.39 is 10.0 Å². The van der Waals surface area contributed by atoms with E-state index in [9.17, 15) is 13.2 Å². The summed E-state index contributed by atoms with van der Waals surface area (Å²) in [6.45, 7) is 4.97. The summed E-state index contributed by atoms with van der Waals surface area (Å²) in [5, 5.41) is 3.63. The van der Waals surface area contributed by atoms with E-state index in [0.717, 1.165) is 17.3 Å². The molecule has 2 aromatic carbocycles. The first-order valence-corrected chi connectivity index (χ1v) is 11.1. The third kappa shape index (κ3) is 3.99. The van der Waals surface area contributed by atoms with Crippen LogP contribution in [0.25, 0.3) is 10.9 Å². The van der Waals surface area contributed by atoms with Gasteiger partial charge in [0.2, 0.25) is 0 Å². The van der Waals surface area contributed by atoms with Crippen LogP contribution >= 0.6 is 0 Å². The highest BCUT2D eigenvalue weighted by molar-refractivity contribution is 7.90. The number of carbonyl (C=O) groups excluding carboxylic acids is 1. The van der Waals surface area contributed by atoms with Gasteiger partial charge < -0.3 is 9.88 Å². The number of aromatic nitrogens is 1. The Morgan fingerprint density at radius 2 is 2.03 bits per heavy atom. The number of allylic oxidation sites excluding steroid dienone is 1. The lowest BCUT2D eigenvalue weighted by Crippen LogP contribution is -2.29. The maximum atomic E-state index is 13.0. The molecule has 0 saturated heterocycles. The maximum Gasteiger partial charge on any atom is 0.262 e. The van der Waals surface area contributed by atoms with Gasteiger partial charge in [0.15, 0.2) is 0 Å².